The largest absolute Gasteiger partial charge is 0.338 e. The maximum atomic E-state index is 12.3. The van der Waals surface area contributed by atoms with Gasteiger partial charge in [-0.1, -0.05) is 0 Å². The molecule has 1 fully saturated rings. The molecule has 1 saturated heterocycles. The monoisotopic (exact) mass is 251 g/mol. The van der Waals surface area contributed by atoms with E-state index in [0.29, 0.717) is 12.1 Å². The van der Waals surface area contributed by atoms with Crippen LogP contribution in [0.3, 0.4) is 0 Å². The Kier molecular flexibility index (Phi) is 4.39. The molecule has 4 nitrogen and oxygen atoms in total. The zero-order chi connectivity index (χ0) is 12.1. The van der Waals surface area contributed by atoms with Gasteiger partial charge in [-0.25, -0.2) is 0 Å². The van der Waals surface area contributed by atoms with Gasteiger partial charge in [-0.2, -0.15) is 11.8 Å². The van der Waals surface area contributed by atoms with E-state index >= 15 is 0 Å². The van der Waals surface area contributed by atoms with Crippen LogP contribution in [0.25, 0.3) is 0 Å². The van der Waals surface area contributed by atoms with Crippen LogP contribution in [0.4, 0.5) is 0 Å². The number of thioether (sulfide) groups is 1. The van der Waals surface area contributed by atoms with Crippen LogP contribution in [-0.4, -0.2) is 40.4 Å². The Morgan fingerprint density at radius 3 is 3.18 bits per heavy atom. The molecule has 2 rings (SSSR count). The minimum Gasteiger partial charge on any atom is -0.338 e. The standard InChI is InChI=1S/C12H17N3OS/c13-9-11-8-10(2-3-14-11)12(16)15-4-1-6-17-7-5-15/h2-3,8H,1,4-7,9,13H2. The molecule has 0 saturated carbocycles. The number of aromatic nitrogens is 1. The molecule has 0 aliphatic carbocycles. The van der Waals surface area contributed by atoms with E-state index in [2.05, 4.69) is 4.98 Å². The summed E-state index contributed by atoms with van der Waals surface area (Å²) in [6.07, 6.45) is 2.73. The van der Waals surface area contributed by atoms with Crippen molar-refractivity contribution in [2.45, 2.75) is 13.0 Å². The van der Waals surface area contributed by atoms with Gasteiger partial charge in [0.2, 0.25) is 0 Å². The van der Waals surface area contributed by atoms with Crippen molar-refractivity contribution < 1.29 is 4.79 Å². The number of hydrogen-bond acceptors (Lipinski definition) is 4. The number of amides is 1. The summed E-state index contributed by atoms with van der Waals surface area (Å²) in [5, 5.41) is 0. The predicted octanol–water partition coefficient (Wildman–Crippen LogP) is 1.12. The van der Waals surface area contributed by atoms with Crippen molar-refractivity contribution in [3.8, 4) is 0 Å². The van der Waals surface area contributed by atoms with Crippen molar-refractivity contribution in [1.82, 2.24) is 9.88 Å². The van der Waals surface area contributed by atoms with Crippen LogP contribution in [0.1, 0.15) is 22.5 Å². The number of nitrogens with zero attached hydrogens (tertiary/aromatic N) is 2. The lowest BCUT2D eigenvalue weighted by atomic mass is 10.2. The lowest BCUT2D eigenvalue weighted by Crippen LogP contribution is -2.33. The van der Waals surface area contributed by atoms with Crippen LogP contribution in [0.15, 0.2) is 18.3 Å². The summed E-state index contributed by atoms with van der Waals surface area (Å²) >= 11 is 1.91. The Labute approximate surface area is 106 Å². The number of nitrogens with two attached hydrogens (primary N) is 1. The van der Waals surface area contributed by atoms with Gasteiger partial charge in [0.25, 0.3) is 5.91 Å². The van der Waals surface area contributed by atoms with Crippen LogP contribution in [0.2, 0.25) is 0 Å². The number of hydrogen-bond donors (Lipinski definition) is 1. The topological polar surface area (TPSA) is 59.2 Å². The van der Waals surface area contributed by atoms with Gasteiger partial charge in [0.15, 0.2) is 0 Å². The van der Waals surface area contributed by atoms with E-state index in [9.17, 15) is 4.79 Å². The third-order valence-electron chi connectivity index (χ3n) is 2.78. The number of carbonyl (C=O) groups is 1. The van der Waals surface area contributed by atoms with Gasteiger partial charge in [0, 0.05) is 37.1 Å². The molecule has 0 atom stereocenters. The fraction of sp³-hybridized carbons (Fsp3) is 0.500. The first-order valence-corrected chi connectivity index (χ1v) is 6.99. The molecule has 0 spiro atoms. The van der Waals surface area contributed by atoms with Crippen LogP contribution in [0.5, 0.6) is 0 Å². The third kappa shape index (κ3) is 3.20. The summed E-state index contributed by atoms with van der Waals surface area (Å²) in [6, 6.07) is 3.56. The highest BCUT2D eigenvalue weighted by Gasteiger charge is 2.17. The number of carbonyl (C=O) groups excluding carboxylic acids is 1. The Hall–Kier alpha value is -1.07. The number of rotatable bonds is 2. The van der Waals surface area contributed by atoms with Crippen LogP contribution < -0.4 is 5.73 Å². The van der Waals surface area contributed by atoms with Gasteiger partial charge >= 0.3 is 0 Å². The summed E-state index contributed by atoms with van der Waals surface area (Å²) in [6.45, 7) is 2.06. The van der Waals surface area contributed by atoms with Crippen molar-refractivity contribution in [3.05, 3.63) is 29.6 Å². The molecule has 0 unspecified atom stereocenters. The van der Waals surface area contributed by atoms with Crippen molar-refractivity contribution in [2.24, 2.45) is 5.73 Å². The lowest BCUT2D eigenvalue weighted by Gasteiger charge is -2.20. The molecule has 1 aromatic rings. The second-order valence-corrected chi connectivity index (χ2v) is 5.22. The van der Waals surface area contributed by atoms with Crippen LogP contribution in [-0.2, 0) is 6.54 Å². The minimum absolute atomic E-state index is 0.101. The first-order valence-electron chi connectivity index (χ1n) is 5.83. The Balaban J connectivity index is 2.11. The first kappa shape index (κ1) is 12.4. The van der Waals surface area contributed by atoms with E-state index in [0.717, 1.165) is 36.7 Å². The molecule has 0 bridgehead atoms. The summed E-state index contributed by atoms with van der Waals surface area (Å²) in [4.78, 5) is 18.3. The second-order valence-electron chi connectivity index (χ2n) is 4.00. The SMILES string of the molecule is NCc1cc(C(=O)N2CCCSCC2)ccn1. The van der Waals surface area contributed by atoms with E-state index in [1.165, 1.54) is 0 Å². The molecule has 2 heterocycles. The van der Waals surface area contributed by atoms with Gasteiger partial charge in [0.05, 0.1) is 5.69 Å². The van der Waals surface area contributed by atoms with E-state index < -0.39 is 0 Å². The van der Waals surface area contributed by atoms with Crippen LogP contribution >= 0.6 is 11.8 Å². The number of pyridine rings is 1. The smallest absolute Gasteiger partial charge is 0.254 e. The molecule has 1 amide bonds. The normalized spacial score (nSPS) is 16.6. The van der Waals surface area contributed by atoms with Crippen molar-refractivity contribution in [2.75, 3.05) is 24.6 Å². The maximum absolute atomic E-state index is 12.3. The fourth-order valence-corrected chi connectivity index (χ4v) is 2.74. The first-order chi connectivity index (χ1) is 8.31. The van der Waals surface area contributed by atoms with E-state index in [1.807, 2.05) is 16.7 Å². The molecule has 2 N–H and O–H groups in total. The van der Waals surface area contributed by atoms with Crippen molar-refractivity contribution in [3.63, 3.8) is 0 Å². The summed E-state index contributed by atoms with van der Waals surface area (Å²) < 4.78 is 0. The summed E-state index contributed by atoms with van der Waals surface area (Å²) in [5.41, 5.74) is 7.00. The highest BCUT2D eigenvalue weighted by atomic mass is 32.2. The maximum Gasteiger partial charge on any atom is 0.254 e. The second kappa shape index (κ2) is 6.02. The highest BCUT2D eigenvalue weighted by Crippen LogP contribution is 2.13. The molecule has 92 valence electrons. The van der Waals surface area contributed by atoms with Gasteiger partial charge in [0.1, 0.15) is 0 Å². The van der Waals surface area contributed by atoms with E-state index in [1.54, 1.807) is 18.3 Å². The Morgan fingerprint density at radius 1 is 1.47 bits per heavy atom. The average Bonchev–Trinajstić information content (AvgIpc) is 2.67. The highest BCUT2D eigenvalue weighted by molar-refractivity contribution is 7.99. The van der Waals surface area contributed by atoms with E-state index in [-0.39, 0.29) is 5.91 Å². The van der Waals surface area contributed by atoms with E-state index in [4.69, 9.17) is 5.73 Å². The predicted molar refractivity (Wildman–Crippen MR) is 70.0 cm³/mol. The summed E-state index contributed by atoms with van der Waals surface area (Å²) in [7, 11) is 0. The quantitative estimate of drug-likeness (QED) is 0.855. The van der Waals surface area contributed by atoms with Gasteiger partial charge < -0.3 is 10.6 Å². The molecule has 0 radical (unpaired) electrons. The van der Waals surface area contributed by atoms with Crippen molar-refractivity contribution in [1.29, 1.82) is 0 Å². The van der Waals surface area contributed by atoms with Crippen LogP contribution in [0, 0.1) is 0 Å². The summed E-state index contributed by atoms with van der Waals surface area (Å²) in [5.74, 6) is 2.28. The molecule has 0 aromatic carbocycles. The molecule has 1 aliphatic rings. The lowest BCUT2D eigenvalue weighted by molar-refractivity contribution is 0.0768. The third-order valence-corrected chi connectivity index (χ3v) is 3.83. The molecule has 1 aliphatic heterocycles. The molecule has 17 heavy (non-hydrogen) atoms. The zero-order valence-corrected chi connectivity index (χ0v) is 10.6. The average molecular weight is 251 g/mol. The zero-order valence-electron chi connectivity index (χ0n) is 9.76. The van der Waals surface area contributed by atoms with Gasteiger partial charge in [-0.15, -0.1) is 0 Å². The Bertz CT molecular complexity index is 389. The van der Waals surface area contributed by atoms with Crippen molar-refractivity contribution >= 4 is 17.7 Å². The molecular weight excluding hydrogens is 234 g/mol. The molecule has 5 heteroatoms. The minimum atomic E-state index is 0.101. The molecular formula is C12H17N3OS. The Morgan fingerprint density at radius 2 is 2.35 bits per heavy atom. The van der Waals surface area contributed by atoms with Gasteiger partial charge in [-0.05, 0) is 24.3 Å². The van der Waals surface area contributed by atoms with Gasteiger partial charge in [-0.3, -0.25) is 9.78 Å². The molecule has 1 aromatic heterocycles. The fourth-order valence-electron chi connectivity index (χ4n) is 1.85.